The van der Waals surface area contributed by atoms with Crippen LogP contribution in [0.1, 0.15) is 76.7 Å². The van der Waals surface area contributed by atoms with Crippen molar-refractivity contribution in [2.45, 2.75) is 83.0 Å². The number of sulfonamides is 1. The normalized spacial score (nSPS) is 11.7. The van der Waals surface area contributed by atoms with Crippen LogP contribution in [0.3, 0.4) is 0 Å². The summed E-state index contributed by atoms with van der Waals surface area (Å²) in [5, 5.41) is 0. The standard InChI is InChI=1S/C19H33NO2S/c1-3-4-5-6-7-8-9-10-11-12-16-20-23(21,22)19-15-13-14-18(2)17-19/h13-15,17,20H,3-12,16H2,1-2H3. The van der Waals surface area contributed by atoms with Crippen molar-refractivity contribution in [3.8, 4) is 0 Å². The molecule has 1 N–H and O–H groups in total. The van der Waals surface area contributed by atoms with Crippen molar-refractivity contribution < 1.29 is 8.42 Å². The van der Waals surface area contributed by atoms with Gasteiger partial charge in [-0.15, -0.1) is 0 Å². The molecule has 1 rings (SSSR count). The third kappa shape index (κ3) is 9.11. The van der Waals surface area contributed by atoms with Crippen LogP contribution in [0.25, 0.3) is 0 Å². The highest BCUT2D eigenvalue weighted by Crippen LogP contribution is 2.12. The highest BCUT2D eigenvalue weighted by atomic mass is 32.2. The molecule has 132 valence electrons. The third-order valence-corrected chi connectivity index (χ3v) is 5.58. The summed E-state index contributed by atoms with van der Waals surface area (Å²) in [5.74, 6) is 0. The molecule has 0 aliphatic carbocycles. The topological polar surface area (TPSA) is 46.2 Å². The second-order valence-corrected chi connectivity index (χ2v) is 8.16. The second-order valence-electron chi connectivity index (χ2n) is 6.40. The van der Waals surface area contributed by atoms with Gasteiger partial charge in [0.25, 0.3) is 0 Å². The van der Waals surface area contributed by atoms with Crippen LogP contribution in [0.4, 0.5) is 0 Å². The van der Waals surface area contributed by atoms with Gasteiger partial charge in [-0.05, 0) is 31.0 Å². The largest absolute Gasteiger partial charge is 0.240 e. The van der Waals surface area contributed by atoms with Crippen LogP contribution >= 0.6 is 0 Å². The smallest absolute Gasteiger partial charge is 0.211 e. The predicted octanol–water partition coefficient (Wildman–Crippen LogP) is 5.19. The Morgan fingerprint density at radius 3 is 2.00 bits per heavy atom. The number of unbranched alkanes of at least 4 members (excludes halogenated alkanes) is 9. The first-order chi connectivity index (χ1) is 11.1. The molecule has 0 aliphatic rings. The molecule has 1 aromatic carbocycles. The van der Waals surface area contributed by atoms with E-state index < -0.39 is 10.0 Å². The van der Waals surface area contributed by atoms with Crippen LogP contribution in [-0.2, 0) is 10.0 Å². The van der Waals surface area contributed by atoms with Crippen LogP contribution < -0.4 is 4.72 Å². The molecule has 0 spiro atoms. The van der Waals surface area contributed by atoms with Gasteiger partial charge in [-0.25, -0.2) is 13.1 Å². The Hall–Kier alpha value is -0.870. The Balaban J connectivity index is 2.06. The Kier molecular flexibility index (Phi) is 10.2. The maximum absolute atomic E-state index is 12.1. The number of aryl methyl sites for hydroxylation is 1. The highest BCUT2D eigenvalue weighted by molar-refractivity contribution is 7.89. The lowest BCUT2D eigenvalue weighted by Gasteiger charge is -2.07. The lowest BCUT2D eigenvalue weighted by molar-refractivity contribution is 0.549. The van der Waals surface area contributed by atoms with Gasteiger partial charge in [0.2, 0.25) is 10.0 Å². The molecule has 0 atom stereocenters. The van der Waals surface area contributed by atoms with Gasteiger partial charge in [0.1, 0.15) is 0 Å². The number of benzene rings is 1. The minimum absolute atomic E-state index is 0.365. The van der Waals surface area contributed by atoms with Crippen molar-refractivity contribution in [2.75, 3.05) is 6.54 Å². The zero-order valence-corrected chi connectivity index (χ0v) is 15.6. The number of nitrogens with one attached hydrogen (secondary N) is 1. The van der Waals surface area contributed by atoms with Crippen LogP contribution in [-0.4, -0.2) is 15.0 Å². The molecule has 0 unspecified atom stereocenters. The van der Waals surface area contributed by atoms with E-state index in [4.69, 9.17) is 0 Å². The van der Waals surface area contributed by atoms with E-state index in [2.05, 4.69) is 11.6 Å². The lowest BCUT2D eigenvalue weighted by atomic mass is 10.1. The highest BCUT2D eigenvalue weighted by Gasteiger charge is 2.12. The van der Waals surface area contributed by atoms with Gasteiger partial charge < -0.3 is 0 Å². The average Bonchev–Trinajstić information content (AvgIpc) is 2.52. The molecule has 1 aromatic rings. The molecule has 0 fully saturated rings. The zero-order chi connectivity index (χ0) is 17.0. The summed E-state index contributed by atoms with van der Waals surface area (Å²) in [6.45, 7) is 4.68. The van der Waals surface area contributed by atoms with Crippen molar-refractivity contribution >= 4 is 10.0 Å². The fourth-order valence-electron chi connectivity index (χ4n) is 2.68. The van der Waals surface area contributed by atoms with Gasteiger partial charge in [0, 0.05) is 6.54 Å². The molecule has 0 aliphatic heterocycles. The minimum atomic E-state index is -3.34. The van der Waals surface area contributed by atoms with Crippen molar-refractivity contribution in [2.24, 2.45) is 0 Å². The molecule has 4 heteroatoms. The fourth-order valence-corrected chi connectivity index (χ4v) is 3.86. The summed E-state index contributed by atoms with van der Waals surface area (Å²) < 4.78 is 27.0. The molecule has 0 amide bonds. The van der Waals surface area contributed by atoms with E-state index in [1.807, 2.05) is 13.0 Å². The summed E-state index contributed by atoms with van der Waals surface area (Å²) in [5.41, 5.74) is 0.965. The van der Waals surface area contributed by atoms with Crippen LogP contribution in [0.5, 0.6) is 0 Å². The molecular formula is C19H33NO2S. The van der Waals surface area contributed by atoms with E-state index in [1.54, 1.807) is 18.2 Å². The SMILES string of the molecule is CCCCCCCCCCCCNS(=O)(=O)c1cccc(C)c1. The van der Waals surface area contributed by atoms with Crippen LogP contribution in [0, 0.1) is 6.92 Å². The Bertz CT molecular complexity index is 526. The molecule has 0 heterocycles. The number of rotatable bonds is 13. The summed E-state index contributed by atoms with van der Waals surface area (Å²) in [7, 11) is -3.34. The quantitative estimate of drug-likeness (QED) is 0.502. The van der Waals surface area contributed by atoms with E-state index in [1.165, 1.54) is 51.4 Å². The van der Waals surface area contributed by atoms with Crippen LogP contribution in [0.15, 0.2) is 29.2 Å². The van der Waals surface area contributed by atoms with Crippen molar-refractivity contribution in [3.05, 3.63) is 29.8 Å². The third-order valence-electron chi connectivity index (χ3n) is 4.12. The zero-order valence-electron chi connectivity index (χ0n) is 14.8. The van der Waals surface area contributed by atoms with Gasteiger partial charge >= 0.3 is 0 Å². The van der Waals surface area contributed by atoms with E-state index in [0.29, 0.717) is 11.4 Å². The van der Waals surface area contributed by atoms with Crippen LogP contribution in [0.2, 0.25) is 0 Å². The van der Waals surface area contributed by atoms with Crippen molar-refractivity contribution in [3.63, 3.8) is 0 Å². The van der Waals surface area contributed by atoms with Gasteiger partial charge in [0.05, 0.1) is 4.90 Å². The summed E-state index contributed by atoms with van der Waals surface area (Å²) in [6, 6.07) is 7.04. The predicted molar refractivity (Wildman–Crippen MR) is 98.2 cm³/mol. The maximum atomic E-state index is 12.1. The monoisotopic (exact) mass is 339 g/mol. The summed E-state index contributed by atoms with van der Waals surface area (Å²) in [6.07, 6.45) is 12.6. The van der Waals surface area contributed by atoms with Crippen molar-refractivity contribution in [1.82, 2.24) is 4.72 Å². The molecule has 23 heavy (non-hydrogen) atoms. The molecule has 3 nitrogen and oxygen atoms in total. The van der Waals surface area contributed by atoms with Gasteiger partial charge in [-0.3, -0.25) is 0 Å². The first-order valence-corrected chi connectivity index (χ1v) is 10.6. The molecule has 0 saturated heterocycles. The number of hydrogen-bond acceptors (Lipinski definition) is 2. The number of hydrogen-bond donors (Lipinski definition) is 1. The lowest BCUT2D eigenvalue weighted by Crippen LogP contribution is -2.24. The maximum Gasteiger partial charge on any atom is 0.240 e. The molecule has 0 bridgehead atoms. The van der Waals surface area contributed by atoms with E-state index in [9.17, 15) is 8.42 Å². The van der Waals surface area contributed by atoms with Gasteiger partial charge in [-0.1, -0.05) is 76.8 Å². The summed E-state index contributed by atoms with van der Waals surface area (Å²) in [4.78, 5) is 0.365. The Labute approximate surface area is 142 Å². The molecular weight excluding hydrogens is 306 g/mol. The molecule has 0 aromatic heterocycles. The Morgan fingerprint density at radius 2 is 1.43 bits per heavy atom. The average molecular weight is 340 g/mol. The van der Waals surface area contributed by atoms with E-state index >= 15 is 0 Å². The first-order valence-electron chi connectivity index (χ1n) is 9.12. The van der Waals surface area contributed by atoms with Gasteiger partial charge in [-0.2, -0.15) is 0 Å². The summed E-state index contributed by atoms with van der Waals surface area (Å²) >= 11 is 0. The van der Waals surface area contributed by atoms with E-state index in [0.717, 1.165) is 18.4 Å². The molecule has 0 radical (unpaired) electrons. The van der Waals surface area contributed by atoms with Crippen molar-refractivity contribution in [1.29, 1.82) is 0 Å². The fraction of sp³-hybridized carbons (Fsp3) is 0.684. The van der Waals surface area contributed by atoms with E-state index in [-0.39, 0.29) is 0 Å². The second kappa shape index (κ2) is 11.6. The van der Waals surface area contributed by atoms with Gasteiger partial charge in [0.15, 0.2) is 0 Å². The molecule has 0 saturated carbocycles. The first kappa shape index (κ1) is 20.2. The Morgan fingerprint density at radius 1 is 0.870 bits per heavy atom. The minimum Gasteiger partial charge on any atom is -0.211 e.